The number of allylic oxidation sites excluding steroid dienone is 1. The Balaban J connectivity index is 1.85. The maximum Gasteiger partial charge on any atom is 0.237 e. The molecule has 1 aliphatic rings. The van der Waals surface area contributed by atoms with E-state index in [1.807, 2.05) is 13.8 Å². The van der Waals surface area contributed by atoms with Gasteiger partial charge in [-0.2, -0.15) is 0 Å². The Morgan fingerprint density at radius 2 is 2.10 bits per heavy atom. The minimum absolute atomic E-state index is 0.101. The second-order valence-corrected chi connectivity index (χ2v) is 9.56. The van der Waals surface area contributed by atoms with Crippen molar-refractivity contribution in [3.05, 3.63) is 41.7 Å². The molecule has 1 aromatic rings. The second-order valence-electron chi connectivity index (χ2n) is 7.68. The molecule has 1 unspecified atom stereocenters. The Morgan fingerprint density at radius 3 is 2.73 bits per heavy atom. The number of hydrogen-bond acceptors (Lipinski definition) is 6. The van der Waals surface area contributed by atoms with Gasteiger partial charge in [-0.25, -0.2) is 22.4 Å². The Morgan fingerprint density at radius 1 is 1.37 bits per heavy atom. The second kappa shape index (κ2) is 10.9. The molecule has 1 aliphatic heterocycles. The number of hydrogen-bond donors (Lipinski definition) is 3. The molecule has 0 spiro atoms. The molecular weight excluding hydrogens is 413 g/mol. The minimum atomic E-state index is -3.56. The predicted molar refractivity (Wildman–Crippen MR) is 112 cm³/mol. The summed E-state index contributed by atoms with van der Waals surface area (Å²) in [7, 11) is -3.56. The lowest BCUT2D eigenvalue weighted by molar-refractivity contribution is -0.119. The van der Waals surface area contributed by atoms with Gasteiger partial charge >= 0.3 is 0 Å². The average Bonchev–Trinajstić information content (AvgIpc) is 2.97. The number of carbonyl (C=O) groups excluding carboxylic acids is 1. The van der Waals surface area contributed by atoms with Gasteiger partial charge in [0.2, 0.25) is 15.9 Å². The standard InChI is InChI=1S/C20H30FN3O5S/c1-14(2)13-29-18-11-16(7-8-17(18)21)15(3)23-30(27,28)10-6-4-5-9-24-12-19(25)22-20(24)26/h4-5,7-8,11,14-15,20,23,26H,6,9-10,12-13H2,1-3H3,(H,22,25)/b5-4+/t15-,20?/m1/s1. The van der Waals surface area contributed by atoms with E-state index >= 15 is 0 Å². The summed E-state index contributed by atoms with van der Waals surface area (Å²) in [5.41, 5.74) is 0.606. The van der Waals surface area contributed by atoms with E-state index in [1.54, 1.807) is 19.1 Å². The summed E-state index contributed by atoms with van der Waals surface area (Å²) in [5.74, 6) is -0.518. The minimum Gasteiger partial charge on any atom is -0.490 e. The van der Waals surface area contributed by atoms with E-state index < -0.39 is 28.2 Å². The van der Waals surface area contributed by atoms with Gasteiger partial charge < -0.3 is 15.2 Å². The molecule has 3 N–H and O–H groups in total. The lowest BCUT2D eigenvalue weighted by atomic mass is 10.1. The lowest BCUT2D eigenvalue weighted by Crippen LogP contribution is -2.35. The normalized spacial score (nSPS) is 18.9. The predicted octanol–water partition coefficient (Wildman–Crippen LogP) is 1.49. The van der Waals surface area contributed by atoms with Gasteiger partial charge in [-0.3, -0.25) is 4.79 Å². The van der Waals surface area contributed by atoms with E-state index in [-0.39, 0.29) is 36.3 Å². The van der Waals surface area contributed by atoms with E-state index in [2.05, 4.69) is 10.0 Å². The van der Waals surface area contributed by atoms with Gasteiger partial charge in [0.15, 0.2) is 17.9 Å². The summed E-state index contributed by atoms with van der Waals surface area (Å²) in [6, 6.07) is 3.77. The monoisotopic (exact) mass is 443 g/mol. The first-order valence-corrected chi connectivity index (χ1v) is 11.5. The summed E-state index contributed by atoms with van der Waals surface area (Å²) >= 11 is 0. The van der Waals surface area contributed by atoms with Crippen molar-refractivity contribution in [2.75, 3.05) is 25.4 Å². The molecule has 1 saturated heterocycles. The van der Waals surface area contributed by atoms with Gasteiger partial charge in [0.05, 0.1) is 18.9 Å². The fourth-order valence-electron chi connectivity index (χ4n) is 2.82. The SMILES string of the molecule is CC(C)COc1cc([C@@H](C)NS(=O)(=O)CC/C=C/CN2CC(=O)NC2O)ccc1F. The van der Waals surface area contributed by atoms with Crippen LogP contribution < -0.4 is 14.8 Å². The molecule has 2 rings (SSSR count). The van der Waals surface area contributed by atoms with Crippen LogP contribution in [0.5, 0.6) is 5.75 Å². The van der Waals surface area contributed by atoms with Gasteiger partial charge in [0, 0.05) is 12.6 Å². The number of nitrogens with zero attached hydrogens (tertiary/aromatic N) is 1. The molecule has 10 heteroatoms. The highest BCUT2D eigenvalue weighted by Gasteiger charge is 2.26. The third kappa shape index (κ3) is 7.67. The van der Waals surface area contributed by atoms with Crippen LogP contribution in [0.15, 0.2) is 30.4 Å². The van der Waals surface area contributed by atoms with E-state index in [4.69, 9.17) is 4.74 Å². The van der Waals surface area contributed by atoms with Crippen molar-refractivity contribution >= 4 is 15.9 Å². The van der Waals surface area contributed by atoms with Crippen LogP contribution in [0.2, 0.25) is 0 Å². The number of benzene rings is 1. The summed E-state index contributed by atoms with van der Waals surface area (Å²) in [4.78, 5) is 12.7. The Labute approximate surface area is 177 Å². The van der Waals surface area contributed by atoms with E-state index in [0.29, 0.717) is 18.7 Å². The van der Waals surface area contributed by atoms with Crippen molar-refractivity contribution in [1.82, 2.24) is 14.9 Å². The first-order valence-electron chi connectivity index (χ1n) is 9.86. The Kier molecular flexibility index (Phi) is 8.78. The number of nitrogens with one attached hydrogen (secondary N) is 2. The molecule has 0 bridgehead atoms. The van der Waals surface area contributed by atoms with Crippen molar-refractivity contribution < 1.29 is 27.4 Å². The highest BCUT2D eigenvalue weighted by atomic mass is 32.2. The van der Waals surface area contributed by atoms with Gasteiger partial charge in [0.1, 0.15) is 0 Å². The van der Waals surface area contributed by atoms with Gasteiger partial charge in [0.25, 0.3) is 0 Å². The maximum atomic E-state index is 13.9. The molecule has 1 fully saturated rings. The summed E-state index contributed by atoms with van der Waals surface area (Å²) < 4.78 is 46.6. The number of aliphatic hydroxyl groups is 1. The van der Waals surface area contributed by atoms with Gasteiger partial charge in [-0.05, 0) is 37.0 Å². The third-order valence-electron chi connectivity index (χ3n) is 4.43. The van der Waals surface area contributed by atoms with Crippen LogP contribution in [0, 0.1) is 11.7 Å². The lowest BCUT2D eigenvalue weighted by Gasteiger charge is -2.17. The van der Waals surface area contributed by atoms with Crippen LogP contribution in [0.3, 0.4) is 0 Å². The number of ether oxygens (including phenoxy) is 1. The highest BCUT2D eigenvalue weighted by molar-refractivity contribution is 7.89. The smallest absolute Gasteiger partial charge is 0.237 e. The van der Waals surface area contributed by atoms with Crippen molar-refractivity contribution in [2.45, 2.75) is 39.6 Å². The van der Waals surface area contributed by atoms with Crippen molar-refractivity contribution in [3.8, 4) is 5.75 Å². The van der Waals surface area contributed by atoms with E-state index in [1.165, 1.54) is 23.1 Å². The fourth-order valence-corrected chi connectivity index (χ4v) is 4.06. The summed E-state index contributed by atoms with van der Waals surface area (Å²) in [6.45, 7) is 6.40. The first kappa shape index (κ1) is 24.3. The molecule has 8 nitrogen and oxygen atoms in total. The zero-order valence-corrected chi connectivity index (χ0v) is 18.3. The number of amides is 1. The molecule has 1 heterocycles. The molecule has 1 aromatic carbocycles. The van der Waals surface area contributed by atoms with Crippen LogP contribution in [-0.4, -0.2) is 56.1 Å². The number of carbonyl (C=O) groups is 1. The Hall–Kier alpha value is -2.01. The van der Waals surface area contributed by atoms with Crippen molar-refractivity contribution in [1.29, 1.82) is 0 Å². The zero-order chi connectivity index (χ0) is 22.3. The highest BCUT2D eigenvalue weighted by Crippen LogP contribution is 2.24. The molecule has 0 aromatic heterocycles. The molecule has 0 aliphatic carbocycles. The quantitative estimate of drug-likeness (QED) is 0.448. The molecule has 0 radical (unpaired) electrons. The summed E-state index contributed by atoms with van der Waals surface area (Å²) in [6.07, 6.45) is 2.66. The number of aliphatic hydroxyl groups excluding tert-OH is 1. The molecular formula is C20H30FN3O5S. The number of sulfonamides is 1. The van der Waals surface area contributed by atoms with E-state index in [0.717, 1.165) is 0 Å². The van der Waals surface area contributed by atoms with Crippen LogP contribution in [0.25, 0.3) is 0 Å². The van der Waals surface area contributed by atoms with Crippen molar-refractivity contribution in [2.24, 2.45) is 5.92 Å². The maximum absolute atomic E-state index is 13.9. The first-order chi connectivity index (χ1) is 14.1. The molecule has 1 amide bonds. The van der Waals surface area contributed by atoms with Crippen molar-refractivity contribution in [3.63, 3.8) is 0 Å². The van der Waals surface area contributed by atoms with Gasteiger partial charge in [-0.1, -0.05) is 32.1 Å². The Bertz CT molecular complexity index is 860. The number of halogens is 1. The third-order valence-corrected chi connectivity index (χ3v) is 5.91. The largest absolute Gasteiger partial charge is 0.490 e. The topological polar surface area (TPSA) is 108 Å². The average molecular weight is 444 g/mol. The van der Waals surface area contributed by atoms with E-state index in [9.17, 15) is 22.7 Å². The van der Waals surface area contributed by atoms with Crippen LogP contribution >= 0.6 is 0 Å². The van der Waals surface area contributed by atoms with Gasteiger partial charge in [-0.15, -0.1) is 0 Å². The zero-order valence-electron chi connectivity index (χ0n) is 17.5. The number of rotatable bonds is 11. The molecule has 168 valence electrons. The molecule has 30 heavy (non-hydrogen) atoms. The molecule has 0 saturated carbocycles. The summed E-state index contributed by atoms with van der Waals surface area (Å²) in [5, 5.41) is 11.9. The fraction of sp³-hybridized carbons (Fsp3) is 0.550. The molecule has 2 atom stereocenters. The van der Waals surface area contributed by atoms with Crippen LogP contribution in [0.4, 0.5) is 4.39 Å². The van der Waals surface area contributed by atoms with Crippen LogP contribution in [-0.2, 0) is 14.8 Å². The van der Waals surface area contributed by atoms with Crippen LogP contribution in [0.1, 0.15) is 38.8 Å².